The van der Waals surface area contributed by atoms with Gasteiger partial charge in [-0.2, -0.15) is 0 Å². The van der Waals surface area contributed by atoms with E-state index in [1.807, 2.05) is 41.3 Å². The van der Waals surface area contributed by atoms with Crippen LogP contribution in [0.15, 0.2) is 65.2 Å². The number of carbonyl (C=O) groups is 1. The van der Waals surface area contributed by atoms with Crippen molar-refractivity contribution in [3.8, 4) is 17.1 Å². The predicted molar refractivity (Wildman–Crippen MR) is 117 cm³/mol. The van der Waals surface area contributed by atoms with Crippen LogP contribution in [0.2, 0.25) is 0 Å². The third-order valence-corrected chi connectivity index (χ3v) is 5.51. The van der Waals surface area contributed by atoms with E-state index in [1.54, 1.807) is 7.11 Å². The largest absolute Gasteiger partial charge is 0.497 e. The van der Waals surface area contributed by atoms with Crippen LogP contribution in [-0.2, 0) is 11.2 Å². The summed E-state index contributed by atoms with van der Waals surface area (Å²) in [4.78, 5) is 16.9. The predicted octanol–water partition coefficient (Wildman–Crippen LogP) is 4.02. The van der Waals surface area contributed by atoms with Gasteiger partial charge in [-0.25, -0.2) is 0 Å². The van der Waals surface area contributed by atoms with Gasteiger partial charge in [0.05, 0.1) is 12.8 Å². The molecule has 156 valence electrons. The average Bonchev–Trinajstić information content (AvgIpc) is 3.29. The second-order valence-corrected chi connectivity index (χ2v) is 7.47. The molecule has 0 atom stereocenters. The molecule has 6 nitrogen and oxygen atoms in total. The van der Waals surface area contributed by atoms with Crippen molar-refractivity contribution in [1.29, 1.82) is 0 Å². The topological polar surface area (TPSA) is 58.8 Å². The van der Waals surface area contributed by atoms with Crippen molar-refractivity contribution in [2.75, 3.05) is 38.2 Å². The fourth-order valence-corrected chi connectivity index (χ4v) is 3.75. The zero-order valence-corrected chi connectivity index (χ0v) is 17.3. The SMILES string of the molecule is COc1ccc(-c2cc(CCCC(=O)N3CCN(c4ccccc4)CC3)no2)cc1. The van der Waals surface area contributed by atoms with E-state index in [0.29, 0.717) is 6.42 Å². The number of carbonyl (C=O) groups excluding carboxylic acids is 1. The number of hydrogen-bond donors (Lipinski definition) is 0. The number of para-hydroxylation sites is 1. The Morgan fingerprint density at radius 1 is 1.03 bits per heavy atom. The Morgan fingerprint density at radius 2 is 1.77 bits per heavy atom. The van der Waals surface area contributed by atoms with Gasteiger partial charge in [0.15, 0.2) is 5.76 Å². The summed E-state index contributed by atoms with van der Waals surface area (Å²) >= 11 is 0. The van der Waals surface area contributed by atoms with Crippen LogP contribution in [0.5, 0.6) is 5.75 Å². The van der Waals surface area contributed by atoms with Crippen molar-refractivity contribution in [1.82, 2.24) is 10.1 Å². The first-order valence-electron chi connectivity index (χ1n) is 10.4. The number of rotatable bonds is 7. The molecule has 0 N–H and O–H groups in total. The standard InChI is InChI=1S/C24H27N3O3/c1-29-22-12-10-19(11-13-22)23-18-20(25-30-23)6-5-9-24(28)27-16-14-26(15-17-27)21-7-3-2-4-8-21/h2-4,7-8,10-13,18H,5-6,9,14-17H2,1H3. The molecule has 1 aliphatic rings. The molecule has 1 saturated heterocycles. The first-order valence-corrected chi connectivity index (χ1v) is 10.4. The Hall–Kier alpha value is -3.28. The van der Waals surface area contributed by atoms with E-state index in [0.717, 1.165) is 61.8 Å². The van der Waals surface area contributed by atoms with E-state index in [4.69, 9.17) is 9.26 Å². The van der Waals surface area contributed by atoms with Gasteiger partial charge in [0.1, 0.15) is 5.75 Å². The number of aryl methyl sites for hydroxylation is 1. The number of nitrogens with zero attached hydrogens (tertiary/aromatic N) is 3. The summed E-state index contributed by atoms with van der Waals surface area (Å²) in [7, 11) is 1.64. The first-order chi connectivity index (χ1) is 14.7. The quantitative estimate of drug-likeness (QED) is 0.594. The Labute approximate surface area is 177 Å². The molecule has 0 saturated carbocycles. The average molecular weight is 405 g/mol. The molecular formula is C24H27N3O3. The third kappa shape index (κ3) is 4.82. The van der Waals surface area contributed by atoms with Gasteiger partial charge in [0.25, 0.3) is 0 Å². The van der Waals surface area contributed by atoms with Gasteiger partial charge in [0.2, 0.25) is 5.91 Å². The van der Waals surface area contributed by atoms with Crippen molar-refractivity contribution in [3.63, 3.8) is 0 Å². The normalized spacial score (nSPS) is 14.0. The number of benzene rings is 2. The van der Waals surface area contributed by atoms with Crippen molar-refractivity contribution >= 4 is 11.6 Å². The zero-order valence-electron chi connectivity index (χ0n) is 17.3. The fourth-order valence-electron chi connectivity index (χ4n) is 3.75. The molecule has 4 rings (SSSR count). The summed E-state index contributed by atoms with van der Waals surface area (Å²) < 4.78 is 10.6. The van der Waals surface area contributed by atoms with Gasteiger partial charge in [-0.3, -0.25) is 4.79 Å². The van der Waals surface area contributed by atoms with Crippen molar-refractivity contribution in [2.24, 2.45) is 0 Å². The summed E-state index contributed by atoms with van der Waals surface area (Å²) in [6.07, 6.45) is 2.04. The van der Waals surface area contributed by atoms with Crippen LogP contribution in [0.4, 0.5) is 5.69 Å². The van der Waals surface area contributed by atoms with E-state index in [2.05, 4.69) is 34.3 Å². The molecule has 0 radical (unpaired) electrons. The van der Waals surface area contributed by atoms with Crippen LogP contribution in [0.1, 0.15) is 18.5 Å². The van der Waals surface area contributed by atoms with Gasteiger partial charge >= 0.3 is 0 Å². The second kappa shape index (κ2) is 9.48. The fraction of sp³-hybridized carbons (Fsp3) is 0.333. The molecule has 1 amide bonds. The molecule has 30 heavy (non-hydrogen) atoms. The lowest BCUT2D eigenvalue weighted by molar-refractivity contribution is -0.131. The highest BCUT2D eigenvalue weighted by atomic mass is 16.5. The molecule has 0 bridgehead atoms. The number of anilines is 1. The number of piperazine rings is 1. The van der Waals surface area contributed by atoms with Gasteiger partial charge in [-0.1, -0.05) is 23.4 Å². The van der Waals surface area contributed by atoms with Gasteiger partial charge < -0.3 is 19.1 Å². The number of ether oxygens (including phenoxy) is 1. The van der Waals surface area contributed by atoms with Gasteiger partial charge in [-0.15, -0.1) is 0 Å². The minimum Gasteiger partial charge on any atom is -0.497 e. The highest BCUT2D eigenvalue weighted by Gasteiger charge is 2.21. The molecule has 0 aliphatic carbocycles. The zero-order chi connectivity index (χ0) is 20.8. The minimum atomic E-state index is 0.224. The van der Waals surface area contributed by atoms with Crippen molar-refractivity contribution in [3.05, 3.63) is 66.4 Å². The van der Waals surface area contributed by atoms with Crippen LogP contribution in [0.25, 0.3) is 11.3 Å². The summed E-state index contributed by atoms with van der Waals surface area (Å²) in [5.41, 5.74) is 3.06. The molecule has 1 aliphatic heterocycles. The molecule has 0 unspecified atom stereocenters. The minimum absolute atomic E-state index is 0.224. The van der Waals surface area contributed by atoms with Crippen molar-refractivity contribution in [2.45, 2.75) is 19.3 Å². The van der Waals surface area contributed by atoms with Crippen LogP contribution in [0.3, 0.4) is 0 Å². The maximum Gasteiger partial charge on any atom is 0.222 e. The summed E-state index contributed by atoms with van der Waals surface area (Å²) in [5, 5.41) is 4.15. The van der Waals surface area contributed by atoms with Crippen LogP contribution >= 0.6 is 0 Å². The highest BCUT2D eigenvalue weighted by molar-refractivity contribution is 5.76. The molecule has 2 aromatic carbocycles. The van der Waals surface area contributed by atoms with Crippen LogP contribution in [0, 0.1) is 0 Å². The smallest absolute Gasteiger partial charge is 0.222 e. The van der Waals surface area contributed by atoms with Gasteiger partial charge in [0, 0.05) is 49.9 Å². The van der Waals surface area contributed by atoms with E-state index >= 15 is 0 Å². The highest BCUT2D eigenvalue weighted by Crippen LogP contribution is 2.23. The lowest BCUT2D eigenvalue weighted by Gasteiger charge is -2.36. The van der Waals surface area contributed by atoms with Crippen LogP contribution in [-0.4, -0.2) is 49.3 Å². The molecule has 2 heterocycles. The van der Waals surface area contributed by atoms with E-state index in [1.165, 1.54) is 5.69 Å². The van der Waals surface area contributed by atoms with Gasteiger partial charge in [-0.05, 0) is 49.2 Å². The molecular weight excluding hydrogens is 378 g/mol. The van der Waals surface area contributed by atoms with E-state index in [9.17, 15) is 4.79 Å². The monoisotopic (exact) mass is 405 g/mol. The Balaban J connectivity index is 1.22. The molecule has 3 aromatic rings. The number of aromatic nitrogens is 1. The Bertz CT molecular complexity index is 945. The maximum absolute atomic E-state index is 12.6. The Morgan fingerprint density at radius 3 is 2.47 bits per heavy atom. The van der Waals surface area contributed by atoms with E-state index in [-0.39, 0.29) is 5.91 Å². The third-order valence-electron chi connectivity index (χ3n) is 5.51. The number of hydrogen-bond acceptors (Lipinski definition) is 5. The molecule has 0 spiro atoms. The number of methoxy groups -OCH3 is 1. The second-order valence-electron chi connectivity index (χ2n) is 7.47. The Kier molecular flexibility index (Phi) is 6.32. The van der Waals surface area contributed by atoms with Crippen molar-refractivity contribution < 1.29 is 14.1 Å². The first kappa shape index (κ1) is 20.0. The molecule has 6 heteroatoms. The lowest BCUT2D eigenvalue weighted by atomic mass is 10.1. The molecule has 1 fully saturated rings. The molecule has 1 aromatic heterocycles. The van der Waals surface area contributed by atoms with Crippen LogP contribution < -0.4 is 9.64 Å². The maximum atomic E-state index is 12.6. The summed E-state index contributed by atoms with van der Waals surface area (Å²) in [6, 6.07) is 20.0. The van der Waals surface area contributed by atoms with E-state index < -0.39 is 0 Å². The summed E-state index contributed by atoms with van der Waals surface area (Å²) in [5.74, 6) is 1.76. The lowest BCUT2D eigenvalue weighted by Crippen LogP contribution is -2.48. The number of amides is 1. The summed E-state index contributed by atoms with van der Waals surface area (Å²) in [6.45, 7) is 3.31.